The molecule has 0 spiro atoms. The van der Waals surface area contributed by atoms with Crippen LogP contribution in [0.1, 0.15) is 184 Å². The lowest BCUT2D eigenvalue weighted by Crippen LogP contribution is -2.56. The van der Waals surface area contributed by atoms with Gasteiger partial charge in [-0.25, -0.2) is 0 Å². The maximum atomic E-state index is 13.3. The van der Waals surface area contributed by atoms with Crippen LogP contribution in [0.5, 0.6) is 0 Å². The van der Waals surface area contributed by atoms with Gasteiger partial charge in [0.15, 0.2) is 5.78 Å². The Kier molecular flexibility index (Phi) is 18.0. The Morgan fingerprint density at radius 3 is 1.57 bits per heavy atom. The molecule has 0 bridgehead atoms. The Bertz CT molecular complexity index is 2320. The minimum absolute atomic E-state index is 0. The van der Waals surface area contributed by atoms with E-state index >= 15 is 0 Å². The summed E-state index contributed by atoms with van der Waals surface area (Å²) in [6.07, 6.45) is 31.9. The molecule has 0 amide bonds. The third-order valence-electron chi connectivity index (χ3n) is 21.0. The van der Waals surface area contributed by atoms with Gasteiger partial charge in [0.05, 0.1) is 34.3 Å². The number of carbonyl (C=O) groups is 2. The van der Waals surface area contributed by atoms with Crippen LogP contribution in [0.15, 0.2) is 12.4 Å². The molecule has 376 valence electrons. The highest BCUT2D eigenvalue weighted by Gasteiger charge is 2.64. The lowest BCUT2D eigenvalue weighted by atomic mass is 9.42. The van der Waals surface area contributed by atoms with Crippen molar-refractivity contribution in [1.29, 1.82) is 0 Å². The Morgan fingerprint density at radius 1 is 0.681 bits per heavy atom. The zero-order valence-corrected chi connectivity index (χ0v) is 44.8. The van der Waals surface area contributed by atoms with Gasteiger partial charge >= 0.3 is 0 Å². The number of Topliss-reactive ketones (excluding diaryl/α,β-unsaturated/α-hetero) is 2. The first-order chi connectivity index (χ1) is 32.4. The number of rotatable bonds is 7. The van der Waals surface area contributed by atoms with E-state index in [9.17, 15) is 19.8 Å². The van der Waals surface area contributed by atoms with Crippen molar-refractivity contribution in [3.63, 3.8) is 0 Å². The average molecular weight is 1020 g/mol. The molecular formula is C61H84BrClN2O4. The van der Waals surface area contributed by atoms with E-state index in [2.05, 4.69) is 116 Å². The van der Waals surface area contributed by atoms with Gasteiger partial charge in [-0.05, 0) is 266 Å². The fourth-order valence-electron chi connectivity index (χ4n) is 18.0. The fourth-order valence-corrected chi connectivity index (χ4v) is 18.5. The SMILES string of the molecule is C.C#CC#CC#CC#CC#CC.CC[C@]12CC[C@@](C)(O)C[C@@H]1CC[C@H]1[C@@H]3CC[C@H](C(=O)CBr)[C@@]3(C)CC[C@@H]12.CC[C@]12CC[C@@](C)(O)C[C@@H]1CC[C@H]1[C@@H]3CC[C@H](C(=O)Cn4cc(Cl)cn4)[C@@]3(C)CC[C@@H]12. The molecule has 1 heterocycles. The minimum atomic E-state index is -0.473. The minimum Gasteiger partial charge on any atom is -0.390 e. The lowest BCUT2D eigenvalue weighted by molar-refractivity contribution is -0.158. The van der Waals surface area contributed by atoms with Gasteiger partial charge in [-0.1, -0.05) is 68.6 Å². The van der Waals surface area contributed by atoms with Crippen molar-refractivity contribution in [3.8, 4) is 59.7 Å². The summed E-state index contributed by atoms with van der Waals surface area (Å²) in [4.78, 5) is 25.9. The molecule has 0 unspecified atom stereocenters. The molecule has 8 aliphatic carbocycles. The van der Waals surface area contributed by atoms with Gasteiger partial charge < -0.3 is 10.2 Å². The Hall–Kier alpha value is -2.96. The number of aromatic nitrogens is 2. The van der Waals surface area contributed by atoms with Crippen LogP contribution >= 0.6 is 27.5 Å². The van der Waals surface area contributed by atoms with Crippen molar-refractivity contribution >= 4 is 39.1 Å². The number of hydrogen-bond donors (Lipinski definition) is 2. The summed E-state index contributed by atoms with van der Waals surface area (Å²) < 4.78 is 1.71. The first kappa shape index (κ1) is 55.4. The average Bonchev–Trinajstić information content (AvgIpc) is 4.01. The number of terminal acetylenes is 1. The normalized spacial score (nSPS) is 41.8. The van der Waals surface area contributed by atoms with E-state index in [0.717, 1.165) is 68.1 Å². The number of fused-ring (bicyclic) bond motifs is 10. The van der Waals surface area contributed by atoms with Crippen molar-refractivity contribution in [1.82, 2.24) is 9.78 Å². The summed E-state index contributed by atoms with van der Waals surface area (Å²) >= 11 is 9.45. The molecule has 2 N–H and O–H groups in total. The van der Waals surface area contributed by atoms with Crippen LogP contribution in [0.25, 0.3) is 0 Å². The van der Waals surface area contributed by atoms with E-state index in [1.807, 2.05) is 0 Å². The smallest absolute Gasteiger partial charge is 0.157 e. The number of aliphatic hydroxyl groups is 2. The molecule has 8 fully saturated rings. The quantitative estimate of drug-likeness (QED) is 0.210. The van der Waals surface area contributed by atoms with E-state index < -0.39 is 11.2 Å². The highest BCUT2D eigenvalue weighted by atomic mass is 79.9. The lowest BCUT2D eigenvalue weighted by Gasteiger charge is -2.63. The number of nitrogens with zero attached hydrogens (tertiary/aromatic N) is 2. The molecule has 9 rings (SSSR count). The zero-order chi connectivity index (χ0) is 49.1. The van der Waals surface area contributed by atoms with Crippen LogP contribution in [0, 0.1) is 141 Å². The van der Waals surface area contributed by atoms with Crippen LogP contribution in [-0.2, 0) is 16.1 Å². The van der Waals surface area contributed by atoms with E-state index in [0.29, 0.717) is 57.0 Å². The topological polar surface area (TPSA) is 92.4 Å². The molecule has 8 aliphatic rings. The predicted octanol–water partition coefficient (Wildman–Crippen LogP) is 12.9. The third kappa shape index (κ3) is 10.9. The van der Waals surface area contributed by atoms with Crippen molar-refractivity contribution in [3.05, 3.63) is 17.4 Å². The molecule has 0 aliphatic heterocycles. The molecule has 16 atom stereocenters. The zero-order valence-electron chi connectivity index (χ0n) is 42.4. The highest BCUT2D eigenvalue weighted by molar-refractivity contribution is 9.09. The summed E-state index contributed by atoms with van der Waals surface area (Å²) in [5.41, 5.74) is 0.342. The summed E-state index contributed by atoms with van der Waals surface area (Å²) in [5, 5.41) is 26.8. The van der Waals surface area contributed by atoms with Gasteiger partial charge in [0, 0.05) is 18.0 Å². The van der Waals surface area contributed by atoms with Crippen molar-refractivity contribution in [2.24, 2.45) is 80.8 Å². The van der Waals surface area contributed by atoms with E-state index in [-0.39, 0.29) is 30.1 Å². The van der Waals surface area contributed by atoms with Gasteiger partial charge in [-0.2, -0.15) is 5.10 Å². The number of carbonyl (C=O) groups excluding carboxylic acids is 2. The van der Waals surface area contributed by atoms with Crippen molar-refractivity contribution in [2.75, 3.05) is 5.33 Å². The summed E-state index contributed by atoms with van der Waals surface area (Å²) in [6, 6.07) is 0. The molecule has 6 nitrogen and oxygen atoms in total. The van der Waals surface area contributed by atoms with Gasteiger partial charge in [-0.3, -0.25) is 14.3 Å². The Balaban J connectivity index is 0.000000187. The van der Waals surface area contributed by atoms with Crippen LogP contribution < -0.4 is 0 Å². The first-order valence-electron chi connectivity index (χ1n) is 26.5. The van der Waals surface area contributed by atoms with Crippen molar-refractivity contribution in [2.45, 2.75) is 202 Å². The van der Waals surface area contributed by atoms with Gasteiger partial charge in [-0.15, -0.1) is 6.42 Å². The van der Waals surface area contributed by atoms with E-state index in [4.69, 9.17) is 18.0 Å². The second-order valence-corrected chi connectivity index (χ2v) is 24.9. The molecule has 1 aromatic rings. The number of ketones is 2. The number of halogens is 2. The molecule has 1 aromatic heterocycles. The van der Waals surface area contributed by atoms with E-state index in [1.165, 1.54) is 89.9 Å². The Labute approximate surface area is 431 Å². The largest absolute Gasteiger partial charge is 0.390 e. The number of alkyl halides is 1. The number of hydrogen-bond acceptors (Lipinski definition) is 5. The van der Waals surface area contributed by atoms with Gasteiger partial charge in [0.2, 0.25) is 0 Å². The van der Waals surface area contributed by atoms with Crippen LogP contribution in [0.3, 0.4) is 0 Å². The molecule has 0 radical (unpaired) electrons. The standard InChI is InChI=1S/C26H39ClN2O2.C23H37BrO2.C11H4.CH4/c1-4-26-12-11-24(2,31)13-17(26)5-6-19-20-7-8-22(25(20,3)10-9-21(19)26)23(30)16-29-15-18(27)14-28-29;1-4-23-12-11-21(2,26)13-15(23)5-6-16-17-7-8-19(20(25)14-24)22(17,3)10-9-18(16)23;1-3-5-7-9-11-10-8-6-4-2;/h14-15,17,19-22,31H,4-13,16H2,1-3H3;15-19,26H,4-14H2,1-3H3;1H,2H3;1H4/t17-,19-,20-,21-,22+,24+,25-,26-;15-,16-,17-,18-,19+,21+,22-,23-;;/m00../s1. The van der Waals surface area contributed by atoms with Crippen LogP contribution in [0.4, 0.5) is 0 Å². The van der Waals surface area contributed by atoms with Crippen LogP contribution in [0.2, 0.25) is 5.02 Å². The predicted molar refractivity (Wildman–Crippen MR) is 284 cm³/mol. The highest BCUT2D eigenvalue weighted by Crippen LogP contribution is 2.71. The first-order valence-corrected chi connectivity index (χ1v) is 28.0. The molecule has 8 saturated carbocycles. The summed E-state index contributed by atoms with van der Waals surface area (Å²) in [6.45, 7) is 15.9. The summed E-state index contributed by atoms with van der Waals surface area (Å²) in [5.74, 6) is 29.2. The maximum Gasteiger partial charge on any atom is 0.157 e. The molecule has 69 heavy (non-hydrogen) atoms. The van der Waals surface area contributed by atoms with Gasteiger partial charge in [0.1, 0.15) is 5.78 Å². The Morgan fingerprint density at radius 2 is 1.14 bits per heavy atom. The van der Waals surface area contributed by atoms with Gasteiger partial charge in [0.25, 0.3) is 0 Å². The second-order valence-electron chi connectivity index (χ2n) is 23.9. The monoisotopic (exact) mass is 1020 g/mol. The van der Waals surface area contributed by atoms with Crippen LogP contribution in [-0.4, -0.2) is 48.1 Å². The van der Waals surface area contributed by atoms with E-state index in [1.54, 1.807) is 24.0 Å². The summed E-state index contributed by atoms with van der Waals surface area (Å²) in [7, 11) is 0. The molecular weight excluding hydrogens is 940 g/mol. The molecule has 0 aromatic carbocycles. The third-order valence-corrected chi connectivity index (χ3v) is 21.8. The molecule has 0 saturated heterocycles. The maximum absolute atomic E-state index is 13.3. The molecule has 8 heteroatoms. The fraction of sp³-hybridized carbons (Fsp3) is 0.754. The second kappa shape index (κ2) is 22.4. The van der Waals surface area contributed by atoms with Crippen molar-refractivity contribution < 1.29 is 19.8 Å².